The largest absolute Gasteiger partial charge is 0.392 e. The molecule has 4 unspecified atom stereocenters. The highest BCUT2D eigenvalue weighted by Gasteiger charge is 2.37. The van der Waals surface area contributed by atoms with E-state index in [9.17, 15) is 10.2 Å². The van der Waals surface area contributed by atoms with Crippen LogP contribution >= 0.6 is 0 Å². The van der Waals surface area contributed by atoms with Gasteiger partial charge in [0.05, 0.1) is 12.2 Å². The average Bonchev–Trinajstić information content (AvgIpc) is 2.88. The molecule has 0 bridgehead atoms. The molecule has 24 heavy (non-hydrogen) atoms. The van der Waals surface area contributed by atoms with Crippen LogP contribution < -0.4 is 0 Å². The molecule has 0 spiro atoms. The first-order valence-electron chi connectivity index (χ1n) is 10.1. The van der Waals surface area contributed by atoms with Crippen molar-refractivity contribution in [3.05, 3.63) is 12.2 Å². The number of aliphatic hydroxyl groups excluding tert-OH is 2. The highest BCUT2D eigenvalue weighted by Crippen LogP contribution is 2.35. The van der Waals surface area contributed by atoms with E-state index >= 15 is 0 Å². The summed E-state index contributed by atoms with van der Waals surface area (Å²) in [7, 11) is 1.85. The predicted molar refractivity (Wildman–Crippen MR) is 104 cm³/mol. The molecule has 0 saturated heterocycles. The maximum absolute atomic E-state index is 10.4. The molecule has 0 amide bonds. The second kappa shape index (κ2) is 12.7. The van der Waals surface area contributed by atoms with E-state index in [1.54, 1.807) is 0 Å². The van der Waals surface area contributed by atoms with Gasteiger partial charge in [0.15, 0.2) is 0 Å². The van der Waals surface area contributed by atoms with Crippen molar-refractivity contribution in [1.29, 1.82) is 0 Å². The van der Waals surface area contributed by atoms with Crippen molar-refractivity contribution in [1.82, 2.24) is 0 Å². The molecular weight excluding hydrogens is 298 g/mol. The fourth-order valence-corrected chi connectivity index (χ4v) is 3.79. The SMILES string of the molecule is CCCCCCCC1C(=NC)CC(O)C1/C=C/C(O)CCCCC. The average molecular weight is 338 g/mol. The molecule has 1 fully saturated rings. The van der Waals surface area contributed by atoms with Crippen molar-refractivity contribution >= 4 is 5.71 Å². The van der Waals surface area contributed by atoms with Crippen LogP contribution in [-0.4, -0.2) is 35.2 Å². The van der Waals surface area contributed by atoms with Gasteiger partial charge in [-0.1, -0.05) is 77.4 Å². The third kappa shape index (κ3) is 7.48. The normalized spacial score (nSPS) is 27.4. The number of rotatable bonds is 12. The zero-order valence-corrected chi connectivity index (χ0v) is 16.1. The van der Waals surface area contributed by atoms with Gasteiger partial charge in [0.1, 0.15) is 0 Å². The molecule has 3 nitrogen and oxygen atoms in total. The Morgan fingerprint density at radius 3 is 2.42 bits per heavy atom. The number of aliphatic hydroxyl groups is 2. The van der Waals surface area contributed by atoms with Crippen LogP contribution in [0.1, 0.15) is 84.5 Å². The molecular formula is C21H39NO2. The second-order valence-electron chi connectivity index (χ2n) is 7.32. The summed E-state index contributed by atoms with van der Waals surface area (Å²) in [5.74, 6) is 0.474. The molecule has 140 valence electrons. The lowest BCUT2D eigenvalue weighted by Crippen LogP contribution is -2.19. The van der Waals surface area contributed by atoms with Crippen LogP contribution in [0, 0.1) is 11.8 Å². The Bertz CT molecular complexity index is 378. The summed E-state index contributed by atoms with van der Waals surface area (Å²) in [4.78, 5) is 4.43. The van der Waals surface area contributed by atoms with Crippen molar-refractivity contribution < 1.29 is 10.2 Å². The Hall–Kier alpha value is -0.670. The highest BCUT2D eigenvalue weighted by atomic mass is 16.3. The first-order valence-corrected chi connectivity index (χ1v) is 10.1. The summed E-state index contributed by atoms with van der Waals surface area (Å²) in [5, 5.41) is 20.5. The molecule has 0 aliphatic heterocycles. The van der Waals surface area contributed by atoms with Crippen LogP contribution in [0.3, 0.4) is 0 Å². The van der Waals surface area contributed by atoms with Crippen LogP contribution in [0.15, 0.2) is 17.1 Å². The minimum atomic E-state index is -0.378. The maximum atomic E-state index is 10.4. The minimum Gasteiger partial charge on any atom is -0.392 e. The Kier molecular flexibility index (Phi) is 11.3. The zero-order valence-electron chi connectivity index (χ0n) is 16.1. The van der Waals surface area contributed by atoms with Gasteiger partial charge >= 0.3 is 0 Å². The van der Waals surface area contributed by atoms with Crippen LogP contribution in [0.5, 0.6) is 0 Å². The van der Waals surface area contributed by atoms with Gasteiger partial charge in [0.2, 0.25) is 0 Å². The van der Waals surface area contributed by atoms with Gasteiger partial charge in [-0.05, 0) is 12.8 Å². The Morgan fingerprint density at radius 2 is 1.75 bits per heavy atom. The first-order chi connectivity index (χ1) is 11.6. The van der Waals surface area contributed by atoms with E-state index in [1.807, 2.05) is 13.1 Å². The lowest BCUT2D eigenvalue weighted by Gasteiger charge is -2.19. The van der Waals surface area contributed by atoms with E-state index in [-0.39, 0.29) is 18.1 Å². The lowest BCUT2D eigenvalue weighted by molar-refractivity contribution is 0.138. The lowest BCUT2D eigenvalue weighted by atomic mass is 9.88. The van der Waals surface area contributed by atoms with Crippen LogP contribution in [-0.2, 0) is 0 Å². The third-order valence-corrected chi connectivity index (χ3v) is 5.32. The van der Waals surface area contributed by atoms with E-state index in [1.165, 1.54) is 44.9 Å². The highest BCUT2D eigenvalue weighted by molar-refractivity contribution is 5.90. The summed E-state index contributed by atoms with van der Waals surface area (Å²) in [5.41, 5.74) is 1.16. The van der Waals surface area contributed by atoms with Crippen molar-refractivity contribution in [2.24, 2.45) is 16.8 Å². The molecule has 1 rings (SSSR count). The summed E-state index contributed by atoms with van der Waals surface area (Å²) < 4.78 is 0. The maximum Gasteiger partial charge on any atom is 0.0721 e. The van der Waals surface area contributed by atoms with Crippen molar-refractivity contribution in [2.45, 2.75) is 96.7 Å². The van der Waals surface area contributed by atoms with Crippen molar-refractivity contribution in [3.8, 4) is 0 Å². The van der Waals surface area contributed by atoms with Gasteiger partial charge in [0.25, 0.3) is 0 Å². The van der Waals surface area contributed by atoms with E-state index in [0.29, 0.717) is 12.3 Å². The summed E-state index contributed by atoms with van der Waals surface area (Å²) in [6, 6.07) is 0. The van der Waals surface area contributed by atoms with Gasteiger partial charge in [0, 0.05) is 31.0 Å². The number of hydrogen-bond donors (Lipinski definition) is 2. The molecule has 1 saturated carbocycles. The zero-order chi connectivity index (χ0) is 17.8. The van der Waals surface area contributed by atoms with Gasteiger partial charge in [-0.25, -0.2) is 0 Å². The number of aliphatic imine (C=N–C) groups is 1. The fourth-order valence-electron chi connectivity index (χ4n) is 3.79. The monoisotopic (exact) mass is 337 g/mol. The molecule has 0 aromatic carbocycles. The van der Waals surface area contributed by atoms with Crippen molar-refractivity contribution in [2.75, 3.05) is 7.05 Å². The number of hydrogen-bond acceptors (Lipinski definition) is 3. The molecule has 2 N–H and O–H groups in total. The smallest absolute Gasteiger partial charge is 0.0721 e. The third-order valence-electron chi connectivity index (χ3n) is 5.32. The summed E-state index contributed by atoms with van der Waals surface area (Å²) >= 11 is 0. The van der Waals surface area contributed by atoms with Crippen LogP contribution in [0.25, 0.3) is 0 Å². The molecule has 3 heteroatoms. The molecule has 0 aromatic heterocycles. The van der Waals surface area contributed by atoms with Gasteiger partial charge in [-0.2, -0.15) is 0 Å². The molecule has 0 aromatic rings. The molecule has 0 heterocycles. The Balaban J connectivity index is 2.53. The quantitative estimate of drug-likeness (QED) is 0.392. The van der Waals surface area contributed by atoms with Crippen LogP contribution in [0.2, 0.25) is 0 Å². The van der Waals surface area contributed by atoms with Gasteiger partial charge in [-0.15, -0.1) is 0 Å². The summed E-state index contributed by atoms with van der Waals surface area (Å²) in [6.07, 6.45) is 15.7. The first kappa shape index (κ1) is 21.4. The fraction of sp³-hybridized carbons (Fsp3) is 0.857. The predicted octanol–water partition coefficient (Wildman–Crippen LogP) is 4.91. The minimum absolute atomic E-state index is 0.121. The van der Waals surface area contributed by atoms with E-state index in [2.05, 4.69) is 24.9 Å². The molecule has 4 atom stereocenters. The Labute approximate surface area is 149 Å². The van der Waals surface area contributed by atoms with Gasteiger partial charge < -0.3 is 10.2 Å². The second-order valence-corrected chi connectivity index (χ2v) is 7.32. The van der Waals surface area contributed by atoms with Gasteiger partial charge in [-0.3, -0.25) is 4.99 Å². The van der Waals surface area contributed by atoms with Crippen LogP contribution in [0.4, 0.5) is 0 Å². The van der Waals surface area contributed by atoms with E-state index in [4.69, 9.17) is 0 Å². The van der Waals surface area contributed by atoms with E-state index < -0.39 is 0 Å². The standard InChI is InChI=1S/C21H39NO2/c1-4-6-8-9-11-13-18-19(21(24)16-20(18)22-3)15-14-17(23)12-10-7-5-2/h14-15,17-19,21,23-24H,4-13,16H2,1-3H3/b15-14+,22-20?. The van der Waals surface area contributed by atoms with E-state index in [0.717, 1.165) is 25.0 Å². The summed E-state index contributed by atoms with van der Waals surface area (Å²) in [6.45, 7) is 4.41. The molecule has 0 radical (unpaired) electrons. The number of unbranched alkanes of at least 4 members (excludes halogenated alkanes) is 6. The number of nitrogens with zero attached hydrogens (tertiary/aromatic N) is 1. The van der Waals surface area contributed by atoms with Crippen molar-refractivity contribution in [3.63, 3.8) is 0 Å². The Morgan fingerprint density at radius 1 is 1.08 bits per heavy atom. The molecule has 1 aliphatic carbocycles. The topological polar surface area (TPSA) is 52.8 Å². The molecule has 1 aliphatic rings.